The average molecular weight is 401 g/mol. The van der Waals surface area contributed by atoms with E-state index < -0.39 is 18.1 Å². The van der Waals surface area contributed by atoms with E-state index in [0.29, 0.717) is 26.7 Å². The number of nitrogens with two attached hydrogens (primary N) is 2. The maximum atomic E-state index is 11.3. The monoisotopic (exact) mass is 400 g/mol. The molecule has 0 aromatic heterocycles. The number of primary amides is 1. The fourth-order valence-electron chi connectivity index (χ4n) is 2.83. The Hall–Kier alpha value is -2.37. The molecule has 27 heavy (non-hydrogen) atoms. The predicted octanol–water partition coefficient (Wildman–Crippen LogP) is 4.49. The van der Waals surface area contributed by atoms with E-state index in [2.05, 4.69) is 0 Å². The van der Waals surface area contributed by atoms with Crippen molar-refractivity contribution in [2.24, 2.45) is 11.5 Å². The van der Waals surface area contributed by atoms with Crippen LogP contribution in [-0.4, -0.2) is 11.0 Å². The van der Waals surface area contributed by atoms with Gasteiger partial charge in [-0.05, 0) is 46.5 Å². The van der Waals surface area contributed by atoms with Gasteiger partial charge in [0.25, 0.3) is 0 Å². The number of benzene rings is 3. The molecule has 0 radical (unpaired) electrons. The molecular weight excluding hydrogens is 383 g/mol. The highest BCUT2D eigenvalue weighted by atomic mass is 35.5. The van der Waals surface area contributed by atoms with Crippen molar-refractivity contribution < 1.29 is 9.90 Å². The lowest BCUT2D eigenvalue weighted by Gasteiger charge is -2.20. The van der Waals surface area contributed by atoms with Gasteiger partial charge >= 0.3 is 0 Å². The van der Waals surface area contributed by atoms with Gasteiger partial charge < -0.3 is 16.6 Å². The summed E-state index contributed by atoms with van der Waals surface area (Å²) in [7, 11) is 0. The van der Waals surface area contributed by atoms with Crippen LogP contribution in [-0.2, 0) is 0 Å². The van der Waals surface area contributed by atoms with Gasteiger partial charge in [-0.2, -0.15) is 0 Å². The van der Waals surface area contributed by atoms with Crippen LogP contribution in [0, 0.1) is 0 Å². The van der Waals surface area contributed by atoms with Crippen molar-refractivity contribution in [3.8, 4) is 11.1 Å². The van der Waals surface area contributed by atoms with Crippen LogP contribution >= 0.6 is 23.2 Å². The first-order valence-electron chi connectivity index (χ1n) is 8.25. The van der Waals surface area contributed by atoms with E-state index in [1.807, 2.05) is 18.2 Å². The molecule has 0 fully saturated rings. The first-order chi connectivity index (χ1) is 12.9. The Morgan fingerprint density at radius 1 is 0.852 bits per heavy atom. The smallest absolute Gasteiger partial charge is 0.248 e. The Bertz CT molecular complexity index is 974. The lowest BCUT2D eigenvalue weighted by molar-refractivity contribution is 0.100. The van der Waals surface area contributed by atoms with Gasteiger partial charge in [-0.3, -0.25) is 4.79 Å². The molecule has 3 aromatic carbocycles. The van der Waals surface area contributed by atoms with Crippen molar-refractivity contribution in [1.29, 1.82) is 0 Å². The van der Waals surface area contributed by atoms with Crippen molar-refractivity contribution in [2.45, 2.75) is 12.1 Å². The minimum atomic E-state index is -0.909. The number of halogens is 2. The Morgan fingerprint density at radius 2 is 1.52 bits per heavy atom. The number of hydrogen-bond acceptors (Lipinski definition) is 3. The maximum absolute atomic E-state index is 11.3. The van der Waals surface area contributed by atoms with Crippen molar-refractivity contribution >= 4 is 29.1 Å². The topological polar surface area (TPSA) is 89.3 Å². The number of rotatable bonds is 5. The van der Waals surface area contributed by atoms with Gasteiger partial charge in [0, 0.05) is 5.56 Å². The molecule has 0 aliphatic rings. The number of aliphatic hydroxyl groups is 1. The standard InChI is InChI=1S/C21H18Cl2N2O2/c22-17-9-8-15(11-18(17)23)19(24)20(26)13-6-4-12(5-7-13)14-2-1-3-16(10-14)21(25)27/h1-11,19-20,26H,24H2,(H2,25,27). The van der Waals surface area contributed by atoms with Gasteiger partial charge in [0.1, 0.15) is 0 Å². The SMILES string of the molecule is NC(=O)c1cccc(-c2ccc(C(O)C(N)c3ccc(Cl)c(Cl)c3)cc2)c1. The molecule has 2 unspecified atom stereocenters. The quantitative estimate of drug-likeness (QED) is 0.588. The highest BCUT2D eigenvalue weighted by Crippen LogP contribution is 2.32. The molecule has 0 aliphatic heterocycles. The fraction of sp³-hybridized carbons (Fsp3) is 0.0952. The van der Waals surface area contributed by atoms with Crippen LogP contribution in [0.1, 0.15) is 33.6 Å². The fourth-order valence-corrected chi connectivity index (χ4v) is 3.14. The van der Waals surface area contributed by atoms with Crippen LogP contribution in [0.15, 0.2) is 66.7 Å². The van der Waals surface area contributed by atoms with Crippen LogP contribution in [0.25, 0.3) is 11.1 Å². The number of carbonyl (C=O) groups excluding carboxylic acids is 1. The molecule has 3 rings (SSSR count). The van der Waals surface area contributed by atoms with E-state index in [9.17, 15) is 9.90 Å². The lowest BCUT2D eigenvalue weighted by atomic mass is 9.94. The molecule has 1 amide bonds. The third kappa shape index (κ3) is 4.31. The summed E-state index contributed by atoms with van der Waals surface area (Å²) in [6.07, 6.45) is -0.909. The van der Waals surface area contributed by atoms with Crippen molar-refractivity contribution in [2.75, 3.05) is 0 Å². The van der Waals surface area contributed by atoms with Crippen LogP contribution in [0.5, 0.6) is 0 Å². The summed E-state index contributed by atoms with van der Waals surface area (Å²) in [6.45, 7) is 0. The molecule has 0 saturated carbocycles. The second kappa shape index (κ2) is 8.11. The summed E-state index contributed by atoms with van der Waals surface area (Å²) in [4.78, 5) is 11.3. The molecule has 138 valence electrons. The van der Waals surface area contributed by atoms with Gasteiger partial charge in [0.15, 0.2) is 0 Å². The summed E-state index contributed by atoms with van der Waals surface area (Å²) >= 11 is 12.0. The number of hydrogen-bond donors (Lipinski definition) is 3. The van der Waals surface area contributed by atoms with E-state index in [1.165, 1.54) is 0 Å². The third-order valence-electron chi connectivity index (χ3n) is 4.40. The minimum Gasteiger partial charge on any atom is -0.386 e. The Kier molecular flexibility index (Phi) is 5.82. The average Bonchev–Trinajstić information content (AvgIpc) is 2.69. The minimum absolute atomic E-state index is 0.390. The largest absolute Gasteiger partial charge is 0.386 e. The number of amides is 1. The summed E-state index contributed by atoms with van der Waals surface area (Å²) in [6, 6.07) is 18.8. The Labute approximate surface area is 167 Å². The van der Waals surface area contributed by atoms with Crippen LogP contribution in [0.3, 0.4) is 0 Å². The Balaban J connectivity index is 1.83. The highest BCUT2D eigenvalue weighted by Gasteiger charge is 2.19. The van der Waals surface area contributed by atoms with E-state index in [-0.39, 0.29) is 0 Å². The molecule has 4 nitrogen and oxygen atoms in total. The van der Waals surface area contributed by atoms with E-state index >= 15 is 0 Å². The summed E-state index contributed by atoms with van der Waals surface area (Å²) in [5.74, 6) is -0.475. The number of aliphatic hydroxyl groups excluding tert-OH is 1. The molecule has 0 saturated heterocycles. The van der Waals surface area contributed by atoms with Crippen LogP contribution in [0.4, 0.5) is 0 Å². The normalized spacial score (nSPS) is 13.2. The zero-order valence-electron chi connectivity index (χ0n) is 14.3. The van der Waals surface area contributed by atoms with Crippen molar-refractivity contribution in [3.05, 3.63) is 93.5 Å². The van der Waals surface area contributed by atoms with Crippen molar-refractivity contribution in [1.82, 2.24) is 0 Å². The van der Waals surface area contributed by atoms with Gasteiger partial charge in [-0.15, -0.1) is 0 Å². The first kappa shape index (κ1) is 19.4. The van der Waals surface area contributed by atoms with Gasteiger partial charge in [0.2, 0.25) is 5.91 Å². The van der Waals surface area contributed by atoms with E-state index in [4.69, 9.17) is 34.7 Å². The molecule has 0 bridgehead atoms. The molecule has 0 aliphatic carbocycles. The second-order valence-electron chi connectivity index (χ2n) is 6.21. The zero-order chi connectivity index (χ0) is 19.6. The molecule has 0 spiro atoms. The lowest BCUT2D eigenvalue weighted by Crippen LogP contribution is -2.19. The van der Waals surface area contributed by atoms with Crippen LogP contribution in [0.2, 0.25) is 10.0 Å². The Morgan fingerprint density at radius 3 is 2.15 bits per heavy atom. The molecule has 2 atom stereocenters. The van der Waals surface area contributed by atoms with Crippen LogP contribution < -0.4 is 11.5 Å². The summed E-state index contributed by atoms with van der Waals surface area (Å²) < 4.78 is 0. The number of carbonyl (C=O) groups is 1. The third-order valence-corrected chi connectivity index (χ3v) is 5.14. The van der Waals surface area contributed by atoms with E-state index in [0.717, 1.165) is 11.1 Å². The van der Waals surface area contributed by atoms with Gasteiger partial charge in [-0.1, -0.05) is 65.7 Å². The molecule has 0 heterocycles. The highest BCUT2D eigenvalue weighted by molar-refractivity contribution is 6.42. The van der Waals surface area contributed by atoms with Gasteiger partial charge in [-0.25, -0.2) is 0 Å². The van der Waals surface area contributed by atoms with Gasteiger partial charge in [0.05, 0.1) is 22.2 Å². The van der Waals surface area contributed by atoms with Crippen molar-refractivity contribution in [3.63, 3.8) is 0 Å². The second-order valence-corrected chi connectivity index (χ2v) is 7.03. The summed E-state index contributed by atoms with van der Waals surface area (Å²) in [5, 5.41) is 11.4. The molecule has 6 heteroatoms. The predicted molar refractivity (Wildman–Crippen MR) is 109 cm³/mol. The molecular formula is C21H18Cl2N2O2. The summed E-state index contributed by atoms with van der Waals surface area (Å²) in [5.41, 5.74) is 15.1. The zero-order valence-corrected chi connectivity index (χ0v) is 15.8. The molecule has 5 N–H and O–H groups in total. The first-order valence-corrected chi connectivity index (χ1v) is 9.01. The maximum Gasteiger partial charge on any atom is 0.248 e. The van der Waals surface area contributed by atoms with E-state index in [1.54, 1.807) is 48.5 Å². The molecule has 3 aromatic rings.